The molecule has 0 atom stereocenters. The molecule has 0 aliphatic rings. The van der Waals surface area contributed by atoms with Gasteiger partial charge in [0, 0.05) is 11.6 Å². The molecule has 0 bridgehead atoms. The first-order valence-electron chi connectivity index (χ1n) is 5.13. The summed E-state index contributed by atoms with van der Waals surface area (Å²) >= 11 is 0. The Labute approximate surface area is 97.5 Å². The van der Waals surface area contributed by atoms with Crippen LogP contribution < -0.4 is 10.2 Å². The molecule has 2 rings (SSSR count). The summed E-state index contributed by atoms with van der Waals surface area (Å²) in [5, 5.41) is 0. The van der Waals surface area contributed by atoms with Gasteiger partial charge in [-0.05, 0) is 13.0 Å². The molecule has 1 aromatic carbocycles. The molecule has 17 heavy (non-hydrogen) atoms. The molecule has 0 unspecified atom stereocenters. The lowest BCUT2D eigenvalue weighted by atomic mass is 10.2. The number of hydrogen-bond donors (Lipinski definition) is 0. The topological polar surface area (TPSA) is 39.4 Å². The Bertz CT molecular complexity index is 575. The summed E-state index contributed by atoms with van der Waals surface area (Å²) in [6.07, 6.45) is 1.30. The first-order valence-corrected chi connectivity index (χ1v) is 5.13. The van der Waals surface area contributed by atoms with Crippen molar-refractivity contribution in [1.82, 2.24) is 0 Å². The van der Waals surface area contributed by atoms with E-state index in [0.717, 1.165) is 0 Å². The number of hydrogen-bond acceptors (Lipinski definition) is 3. The van der Waals surface area contributed by atoms with Crippen LogP contribution in [0, 0.1) is 12.7 Å². The Kier molecular flexibility index (Phi) is 3.23. The molecule has 0 spiro atoms. The van der Waals surface area contributed by atoms with Gasteiger partial charge in [0.1, 0.15) is 18.2 Å². The van der Waals surface area contributed by atoms with Gasteiger partial charge in [0.2, 0.25) is 11.2 Å². The van der Waals surface area contributed by atoms with E-state index in [2.05, 4.69) is 0 Å². The summed E-state index contributed by atoms with van der Waals surface area (Å²) in [7, 11) is 0. The lowest BCUT2D eigenvalue weighted by molar-refractivity contribution is 0.281. The smallest absolute Gasteiger partial charge is 0.227 e. The predicted molar refractivity (Wildman–Crippen MR) is 60.4 cm³/mol. The first kappa shape index (κ1) is 11.4. The highest BCUT2D eigenvalue weighted by Gasteiger charge is 2.08. The van der Waals surface area contributed by atoms with E-state index in [-0.39, 0.29) is 23.6 Å². The van der Waals surface area contributed by atoms with Gasteiger partial charge in [-0.3, -0.25) is 4.79 Å². The summed E-state index contributed by atoms with van der Waals surface area (Å²) in [5.41, 5.74) is 0.125. The van der Waals surface area contributed by atoms with Gasteiger partial charge in [0.25, 0.3) is 0 Å². The highest BCUT2D eigenvalue weighted by molar-refractivity contribution is 5.24. The van der Waals surface area contributed by atoms with Crippen molar-refractivity contribution in [3.05, 3.63) is 64.0 Å². The van der Waals surface area contributed by atoms with Crippen molar-refractivity contribution in [2.24, 2.45) is 0 Å². The second-order valence-electron chi connectivity index (χ2n) is 3.55. The molecule has 2 aromatic rings. The third-order valence-corrected chi connectivity index (χ3v) is 2.34. The molecular formula is C13H11FO3. The molecule has 0 aliphatic carbocycles. The van der Waals surface area contributed by atoms with Crippen LogP contribution in [-0.4, -0.2) is 0 Å². The van der Waals surface area contributed by atoms with Crippen molar-refractivity contribution in [3.63, 3.8) is 0 Å². The van der Waals surface area contributed by atoms with Crippen molar-refractivity contribution < 1.29 is 13.5 Å². The van der Waals surface area contributed by atoms with Crippen LogP contribution in [0.15, 0.2) is 45.8 Å². The Morgan fingerprint density at radius 3 is 2.76 bits per heavy atom. The largest absolute Gasteiger partial charge is 0.482 e. The Hall–Kier alpha value is -2.10. The van der Waals surface area contributed by atoms with Crippen molar-refractivity contribution in [2.45, 2.75) is 13.5 Å². The van der Waals surface area contributed by atoms with Crippen LogP contribution in [0.5, 0.6) is 5.75 Å². The molecule has 0 aliphatic heterocycles. The fourth-order valence-electron chi connectivity index (χ4n) is 1.44. The second kappa shape index (κ2) is 4.82. The van der Waals surface area contributed by atoms with Gasteiger partial charge in [0.15, 0.2) is 0 Å². The van der Waals surface area contributed by atoms with Gasteiger partial charge in [-0.1, -0.05) is 18.2 Å². The van der Waals surface area contributed by atoms with Crippen molar-refractivity contribution in [1.29, 1.82) is 0 Å². The van der Waals surface area contributed by atoms with E-state index in [1.54, 1.807) is 25.1 Å². The van der Waals surface area contributed by atoms with Crippen LogP contribution in [0.4, 0.5) is 4.39 Å². The van der Waals surface area contributed by atoms with Crippen molar-refractivity contribution >= 4 is 0 Å². The van der Waals surface area contributed by atoms with Gasteiger partial charge in [-0.15, -0.1) is 0 Å². The highest BCUT2D eigenvalue weighted by atomic mass is 19.1. The predicted octanol–water partition coefficient (Wildman–Crippen LogP) is 2.67. The summed E-state index contributed by atoms with van der Waals surface area (Å²) in [6, 6.07) is 7.53. The maximum atomic E-state index is 13.3. The van der Waals surface area contributed by atoms with Gasteiger partial charge in [0.05, 0.1) is 6.26 Å². The molecule has 0 saturated heterocycles. The zero-order chi connectivity index (χ0) is 12.3. The zero-order valence-corrected chi connectivity index (χ0v) is 9.27. The number of ether oxygens (including phenoxy) is 1. The lowest BCUT2D eigenvalue weighted by Gasteiger charge is -2.07. The first-order chi connectivity index (χ1) is 8.18. The third-order valence-electron chi connectivity index (χ3n) is 2.34. The minimum absolute atomic E-state index is 0.00227. The number of aryl methyl sites for hydroxylation is 1. The van der Waals surface area contributed by atoms with E-state index in [4.69, 9.17) is 9.15 Å². The average Bonchev–Trinajstić information content (AvgIpc) is 2.30. The van der Waals surface area contributed by atoms with Gasteiger partial charge < -0.3 is 9.15 Å². The van der Waals surface area contributed by atoms with E-state index >= 15 is 0 Å². The molecule has 88 valence electrons. The Morgan fingerprint density at radius 1 is 1.29 bits per heavy atom. The van der Waals surface area contributed by atoms with Crippen molar-refractivity contribution in [3.8, 4) is 5.75 Å². The maximum Gasteiger partial charge on any atom is 0.227 e. The monoisotopic (exact) mass is 234 g/mol. The van der Waals surface area contributed by atoms with Crippen LogP contribution in [0.1, 0.15) is 11.3 Å². The Morgan fingerprint density at radius 2 is 2.06 bits per heavy atom. The van der Waals surface area contributed by atoms with E-state index in [9.17, 15) is 9.18 Å². The molecule has 0 radical (unpaired) electrons. The molecule has 1 aromatic heterocycles. The minimum atomic E-state index is -0.356. The molecule has 0 fully saturated rings. The maximum absolute atomic E-state index is 13.3. The van der Waals surface area contributed by atoms with E-state index in [0.29, 0.717) is 11.3 Å². The summed E-state index contributed by atoms with van der Waals surface area (Å²) in [6.45, 7) is 1.63. The van der Waals surface area contributed by atoms with Crippen LogP contribution >= 0.6 is 0 Å². The number of benzene rings is 1. The molecule has 1 heterocycles. The van der Waals surface area contributed by atoms with E-state index in [1.807, 2.05) is 0 Å². The summed E-state index contributed by atoms with van der Waals surface area (Å²) < 4.78 is 23.6. The van der Waals surface area contributed by atoms with Crippen LogP contribution in [0.25, 0.3) is 0 Å². The molecule has 4 heteroatoms. The van der Waals surface area contributed by atoms with Crippen molar-refractivity contribution in [2.75, 3.05) is 0 Å². The van der Waals surface area contributed by atoms with Crippen LogP contribution in [-0.2, 0) is 6.61 Å². The second-order valence-corrected chi connectivity index (χ2v) is 3.55. The van der Waals surface area contributed by atoms with E-state index in [1.165, 1.54) is 18.4 Å². The Balaban J connectivity index is 2.19. The lowest BCUT2D eigenvalue weighted by Crippen LogP contribution is -2.08. The average molecular weight is 234 g/mol. The minimum Gasteiger partial charge on any atom is -0.482 e. The number of halogens is 1. The number of rotatable bonds is 3. The highest BCUT2D eigenvalue weighted by Crippen LogP contribution is 2.14. The quantitative estimate of drug-likeness (QED) is 0.819. The van der Waals surface area contributed by atoms with Crippen LogP contribution in [0.3, 0.4) is 0 Å². The van der Waals surface area contributed by atoms with Crippen LogP contribution in [0.2, 0.25) is 0 Å². The fourth-order valence-corrected chi connectivity index (χ4v) is 1.44. The molecule has 3 nitrogen and oxygen atoms in total. The standard InChI is InChI=1S/C13H11FO3/c1-9-13(12(15)6-7-16-9)17-8-10-4-2-3-5-11(10)14/h2-7H,8H2,1H3. The van der Waals surface area contributed by atoms with E-state index < -0.39 is 0 Å². The molecule has 0 N–H and O–H groups in total. The molecule has 0 amide bonds. The SMILES string of the molecule is Cc1occc(=O)c1OCc1ccccc1F. The van der Waals surface area contributed by atoms with Gasteiger partial charge in [-0.25, -0.2) is 4.39 Å². The van der Waals surface area contributed by atoms with Gasteiger partial charge >= 0.3 is 0 Å². The molecular weight excluding hydrogens is 223 g/mol. The fraction of sp³-hybridized carbons (Fsp3) is 0.154. The summed E-state index contributed by atoms with van der Waals surface area (Å²) in [5.74, 6) is 0.148. The molecule has 0 saturated carbocycles. The third kappa shape index (κ3) is 2.53. The van der Waals surface area contributed by atoms with Gasteiger partial charge in [-0.2, -0.15) is 0 Å². The normalized spacial score (nSPS) is 10.2. The zero-order valence-electron chi connectivity index (χ0n) is 9.27. The summed E-state index contributed by atoms with van der Waals surface area (Å²) in [4.78, 5) is 11.5.